The molecule has 1 atom stereocenters. The molecule has 1 heterocycles. The van der Waals surface area contributed by atoms with E-state index in [9.17, 15) is 0 Å². The Hall–Kier alpha value is -0.120. The number of nitrogens with zero attached hydrogens (tertiary/aromatic N) is 2. The number of hydrogen-bond donors (Lipinski definition) is 1. The van der Waals surface area contributed by atoms with Crippen molar-refractivity contribution in [2.45, 2.75) is 52.4 Å². The van der Waals surface area contributed by atoms with E-state index in [1.54, 1.807) is 0 Å². The lowest BCUT2D eigenvalue weighted by atomic mass is 9.94. The van der Waals surface area contributed by atoms with Crippen LogP contribution >= 0.6 is 0 Å². The number of piperazine rings is 1. The van der Waals surface area contributed by atoms with Gasteiger partial charge in [-0.05, 0) is 51.2 Å². The van der Waals surface area contributed by atoms with Crippen LogP contribution < -0.4 is 5.73 Å². The second-order valence-electron chi connectivity index (χ2n) is 6.06. The van der Waals surface area contributed by atoms with Gasteiger partial charge >= 0.3 is 0 Å². The molecule has 0 bridgehead atoms. The van der Waals surface area contributed by atoms with Gasteiger partial charge in [0.05, 0.1) is 0 Å². The molecule has 1 saturated heterocycles. The fourth-order valence-corrected chi connectivity index (χ4v) is 3.23. The maximum absolute atomic E-state index is 5.70. The molecular formula is C16H35N3. The molecule has 0 radical (unpaired) electrons. The molecule has 1 aliphatic heterocycles. The van der Waals surface area contributed by atoms with Crippen LogP contribution in [-0.4, -0.2) is 55.6 Å². The third-order valence-corrected chi connectivity index (χ3v) is 4.36. The zero-order valence-electron chi connectivity index (χ0n) is 13.2. The summed E-state index contributed by atoms with van der Waals surface area (Å²) in [4.78, 5) is 5.25. The van der Waals surface area contributed by atoms with Crippen LogP contribution in [0.15, 0.2) is 0 Å². The van der Waals surface area contributed by atoms with Crippen molar-refractivity contribution in [3.05, 3.63) is 0 Å². The van der Waals surface area contributed by atoms with Gasteiger partial charge in [0, 0.05) is 26.2 Å². The van der Waals surface area contributed by atoms with E-state index in [0.29, 0.717) is 0 Å². The summed E-state index contributed by atoms with van der Waals surface area (Å²) in [5.41, 5.74) is 5.70. The topological polar surface area (TPSA) is 32.5 Å². The van der Waals surface area contributed by atoms with Crippen molar-refractivity contribution in [2.24, 2.45) is 11.7 Å². The van der Waals surface area contributed by atoms with Gasteiger partial charge in [-0.2, -0.15) is 0 Å². The molecule has 0 spiro atoms. The number of hydrogen-bond acceptors (Lipinski definition) is 3. The lowest BCUT2D eigenvalue weighted by molar-refractivity contribution is 0.129. The van der Waals surface area contributed by atoms with Crippen LogP contribution in [0.1, 0.15) is 52.4 Å². The minimum absolute atomic E-state index is 0.861. The van der Waals surface area contributed by atoms with Gasteiger partial charge in [-0.15, -0.1) is 0 Å². The summed E-state index contributed by atoms with van der Waals surface area (Å²) in [6.07, 6.45) is 7.91. The van der Waals surface area contributed by atoms with Crippen LogP contribution in [-0.2, 0) is 0 Å². The van der Waals surface area contributed by atoms with Crippen molar-refractivity contribution < 1.29 is 0 Å². The molecule has 1 fully saturated rings. The van der Waals surface area contributed by atoms with E-state index in [2.05, 4.69) is 23.6 Å². The third-order valence-electron chi connectivity index (χ3n) is 4.36. The first kappa shape index (κ1) is 16.9. The van der Waals surface area contributed by atoms with Crippen LogP contribution in [0.3, 0.4) is 0 Å². The molecular weight excluding hydrogens is 234 g/mol. The van der Waals surface area contributed by atoms with Crippen LogP contribution in [0.2, 0.25) is 0 Å². The standard InChI is InChI=1S/C16H35N3/c1-3-6-16(8-9-17)7-5-11-19-14-12-18(10-4-2)13-15-19/h16H,3-15,17H2,1-2H3. The largest absolute Gasteiger partial charge is 0.330 e. The summed E-state index contributed by atoms with van der Waals surface area (Å²) < 4.78 is 0. The Morgan fingerprint density at radius 3 is 2.00 bits per heavy atom. The van der Waals surface area contributed by atoms with E-state index in [0.717, 1.165) is 12.5 Å². The Bertz CT molecular complexity index is 194. The Morgan fingerprint density at radius 1 is 0.842 bits per heavy atom. The van der Waals surface area contributed by atoms with Crippen LogP contribution in [0.4, 0.5) is 0 Å². The lowest BCUT2D eigenvalue weighted by Gasteiger charge is -2.34. The Morgan fingerprint density at radius 2 is 1.47 bits per heavy atom. The van der Waals surface area contributed by atoms with Gasteiger partial charge in [0.2, 0.25) is 0 Å². The maximum Gasteiger partial charge on any atom is 0.0110 e. The summed E-state index contributed by atoms with van der Waals surface area (Å²) in [6.45, 7) is 13.1. The molecule has 0 amide bonds. The highest BCUT2D eigenvalue weighted by Gasteiger charge is 2.16. The second-order valence-corrected chi connectivity index (χ2v) is 6.06. The van der Waals surface area contributed by atoms with E-state index < -0.39 is 0 Å². The SMILES string of the molecule is CCCC(CCN)CCCN1CCN(CCC)CC1. The Labute approximate surface area is 120 Å². The molecule has 0 aliphatic carbocycles. The molecule has 3 nitrogen and oxygen atoms in total. The van der Waals surface area contributed by atoms with E-state index in [4.69, 9.17) is 5.73 Å². The zero-order chi connectivity index (χ0) is 13.9. The number of nitrogens with two attached hydrogens (primary N) is 1. The average molecular weight is 269 g/mol. The Balaban J connectivity index is 2.09. The van der Waals surface area contributed by atoms with Gasteiger partial charge in [-0.25, -0.2) is 0 Å². The molecule has 3 heteroatoms. The average Bonchev–Trinajstić information content (AvgIpc) is 2.41. The molecule has 0 aromatic rings. The summed E-state index contributed by atoms with van der Waals surface area (Å²) in [5, 5.41) is 0. The quantitative estimate of drug-likeness (QED) is 0.661. The summed E-state index contributed by atoms with van der Waals surface area (Å²) >= 11 is 0. The highest BCUT2D eigenvalue weighted by Crippen LogP contribution is 2.17. The van der Waals surface area contributed by atoms with Gasteiger partial charge in [-0.1, -0.05) is 26.7 Å². The van der Waals surface area contributed by atoms with E-state index >= 15 is 0 Å². The molecule has 19 heavy (non-hydrogen) atoms. The van der Waals surface area contributed by atoms with Crippen LogP contribution in [0, 0.1) is 5.92 Å². The normalized spacial score (nSPS) is 19.7. The maximum atomic E-state index is 5.70. The first-order valence-electron chi connectivity index (χ1n) is 8.44. The van der Waals surface area contributed by atoms with E-state index in [1.165, 1.54) is 77.8 Å². The molecule has 114 valence electrons. The Kier molecular flexibility index (Phi) is 9.48. The molecule has 0 saturated carbocycles. The van der Waals surface area contributed by atoms with Crippen molar-refractivity contribution >= 4 is 0 Å². The van der Waals surface area contributed by atoms with Crippen molar-refractivity contribution in [3.8, 4) is 0 Å². The molecule has 0 aromatic heterocycles. The summed E-state index contributed by atoms with van der Waals surface area (Å²) in [6, 6.07) is 0. The van der Waals surface area contributed by atoms with Crippen molar-refractivity contribution in [2.75, 3.05) is 45.8 Å². The minimum atomic E-state index is 0.861. The van der Waals surface area contributed by atoms with Crippen molar-refractivity contribution in [3.63, 3.8) is 0 Å². The van der Waals surface area contributed by atoms with Crippen LogP contribution in [0.5, 0.6) is 0 Å². The van der Waals surface area contributed by atoms with Crippen molar-refractivity contribution in [1.82, 2.24) is 9.80 Å². The van der Waals surface area contributed by atoms with Crippen LogP contribution in [0.25, 0.3) is 0 Å². The molecule has 2 N–H and O–H groups in total. The first-order chi connectivity index (χ1) is 9.30. The second kappa shape index (κ2) is 10.6. The van der Waals surface area contributed by atoms with Gasteiger partial charge in [-0.3, -0.25) is 0 Å². The first-order valence-corrected chi connectivity index (χ1v) is 8.44. The molecule has 1 rings (SSSR count). The van der Waals surface area contributed by atoms with Gasteiger partial charge in [0.1, 0.15) is 0 Å². The molecule has 1 aliphatic rings. The molecule has 0 aromatic carbocycles. The van der Waals surface area contributed by atoms with E-state index in [1.807, 2.05) is 0 Å². The fraction of sp³-hybridized carbons (Fsp3) is 1.00. The fourth-order valence-electron chi connectivity index (χ4n) is 3.23. The summed E-state index contributed by atoms with van der Waals surface area (Å²) in [7, 11) is 0. The highest BCUT2D eigenvalue weighted by molar-refractivity contribution is 4.72. The monoisotopic (exact) mass is 269 g/mol. The predicted octanol–water partition coefficient (Wildman–Crippen LogP) is 2.56. The van der Waals surface area contributed by atoms with Gasteiger partial charge in [0.25, 0.3) is 0 Å². The molecule has 1 unspecified atom stereocenters. The lowest BCUT2D eigenvalue weighted by Crippen LogP contribution is -2.46. The van der Waals surface area contributed by atoms with Gasteiger partial charge in [0.15, 0.2) is 0 Å². The third kappa shape index (κ3) is 7.28. The minimum Gasteiger partial charge on any atom is -0.330 e. The number of rotatable bonds is 10. The highest BCUT2D eigenvalue weighted by atomic mass is 15.3. The van der Waals surface area contributed by atoms with E-state index in [-0.39, 0.29) is 0 Å². The predicted molar refractivity (Wildman–Crippen MR) is 84.5 cm³/mol. The summed E-state index contributed by atoms with van der Waals surface area (Å²) in [5.74, 6) is 0.872. The zero-order valence-corrected chi connectivity index (χ0v) is 13.2. The smallest absolute Gasteiger partial charge is 0.0110 e. The van der Waals surface area contributed by atoms with Gasteiger partial charge < -0.3 is 15.5 Å². The van der Waals surface area contributed by atoms with Crippen molar-refractivity contribution in [1.29, 1.82) is 0 Å².